The molecule has 32 heavy (non-hydrogen) atoms. The molecule has 2 fully saturated rings. The van der Waals surface area contributed by atoms with Crippen molar-refractivity contribution in [3.8, 4) is 0 Å². The Bertz CT molecular complexity index is 1030. The molecular weight excluding hydrogens is 406 g/mol. The molecule has 3 amide bonds. The smallest absolute Gasteiger partial charge is 0.251 e. The van der Waals surface area contributed by atoms with E-state index >= 15 is 0 Å². The summed E-state index contributed by atoms with van der Waals surface area (Å²) < 4.78 is 0. The largest absolute Gasteiger partial charge is 0.366 e. The van der Waals surface area contributed by atoms with Crippen molar-refractivity contribution in [3.05, 3.63) is 59.3 Å². The number of nitrogens with zero attached hydrogens (tertiary/aromatic N) is 4. The predicted octanol–water partition coefficient (Wildman–Crippen LogP) is 1.72. The van der Waals surface area contributed by atoms with Crippen LogP contribution >= 0.6 is 0 Å². The van der Waals surface area contributed by atoms with Crippen LogP contribution in [0.25, 0.3) is 0 Å². The van der Waals surface area contributed by atoms with Crippen LogP contribution in [0, 0.1) is 6.92 Å². The maximum atomic E-state index is 13.7. The number of aryl methyl sites for hydroxylation is 1. The van der Waals surface area contributed by atoms with Crippen LogP contribution in [0.2, 0.25) is 0 Å². The van der Waals surface area contributed by atoms with Crippen molar-refractivity contribution in [1.29, 1.82) is 0 Å². The summed E-state index contributed by atoms with van der Waals surface area (Å²) in [4.78, 5) is 48.2. The van der Waals surface area contributed by atoms with Gasteiger partial charge in [-0.25, -0.2) is 4.98 Å². The normalized spacial score (nSPS) is 21.2. The van der Waals surface area contributed by atoms with Gasteiger partial charge in [0.05, 0.1) is 12.1 Å². The van der Waals surface area contributed by atoms with Gasteiger partial charge in [0.1, 0.15) is 17.9 Å². The highest BCUT2D eigenvalue weighted by Crippen LogP contribution is 2.37. The number of pyridine rings is 1. The molecule has 3 heterocycles. The highest BCUT2D eigenvalue weighted by molar-refractivity contribution is 5.99. The second kappa shape index (κ2) is 8.26. The Labute approximate surface area is 188 Å². The molecule has 0 saturated carbocycles. The van der Waals surface area contributed by atoms with Gasteiger partial charge in [-0.15, -0.1) is 0 Å². The van der Waals surface area contributed by atoms with E-state index in [-0.39, 0.29) is 24.4 Å². The van der Waals surface area contributed by atoms with Crippen molar-refractivity contribution in [1.82, 2.24) is 14.8 Å². The minimum atomic E-state index is -0.950. The minimum Gasteiger partial charge on any atom is -0.366 e. The summed E-state index contributed by atoms with van der Waals surface area (Å²) in [5.41, 5.74) is 6.85. The number of hydrogen-bond acceptors (Lipinski definition) is 5. The van der Waals surface area contributed by atoms with E-state index in [0.29, 0.717) is 37.4 Å². The van der Waals surface area contributed by atoms with Crippen LogP contribution in [0.4, 0.5) is 5.82 Å². The lowest BCUT2D eigenvalue weighted by molar-refractivity contribution is -0.166. The molecule has 4 rings (SSSR count). The highest BCUT2D eigenvalue weighted by atomic mass is 16.2. The molecule has 1 unspecified atom stereocenters. The average Bonchev–Trinajstić information content (AvgIpc) is 3.21. The van der Waals surface area contributed by atoms with Crippen molar-refractivity contribution in [3.63, 3.8) is 0 Å². The molecule has 1 spiro atoms. The monoisotopic (exact) mass is 435 g/mol. The number of aromatic nitrogens is 1. The summed E-state index contributed by atoms with van der Waals surface area (Å²) >= 11 is 0. The van der Waals surface area contributed by atoms with Crippen LogP contribution in [0.1, 0.15) is 41.8 Å². The number of piperazine rings is 1. The number of hydrogen-bond donors (Lipinski definition) is 1. The van der Waals surface area contributed by atoms with Gasteiger partial charge in [0.25, 0.3) is 5.91 Å². The average molecular weight is 436 g/mol. The van der Waals surface area contributed by atoms with E-state index in [1.54, 1.807) is 21.9 Å². The van der Waals surface area contributed by atoms with E-state index in [2.05, 4.69) is 4.98 Å². The van der Waals surface area contributed by atoms with Crippen LogP contribution < -0.4 is 10.6 Å². The maximum Gasteiger partial charge on any atom is 0.251 e. The molecule has 2 saturated heterocycles. The Morgan fingerprint density at radius 1 is 1.16 bits per heavy atom. The SMILES string of the molecule is Cc1ccc(CN2C(=O)CN(C(C)C)C(=O)C23CCN(c2ccc(C(N)=O)cn2)C3)cc1. The number of rotatable bonds is 5. The van der Waals surface area contributed by atoms with Crippen LogP contribution in [-0.4, -0.2) is 63.7 Å². The third kappa shape index (κ3) is 3.81. The van der Waals surface area contributed by atoms with Gasteiger partial charge in [-0.2, -0.15) is 0 Å². The molecule has 1 aromatic carbocycles. The molecule has 168 valence electrons. The molecule has 2 aliphatic heterocycles. The van der Waals surface area contributed by atoms with E-state index in [1.807, 2.05) is 49.9 Å². The molecule has 8 nitrogen and oxygen atoms in total. The zero-order chi connectivity index (χ0) is 23.0. The lowest BCUT2D eigenvalue weighted by atomic mass is 9.89. The van der Waals surface area contributed by atoms with Gasteiger partial charge in [-0.1, -0.05) is 29.8 Å². The van der Waals surface area contributed by atoms with Crippen LogP contribution in [0.3, 0.4) is 0 Å². The first-order chi connectivity index (χ1) is 15.2. The third-order valence-electron chi connectivity index (χ3n) is 6.47. The fraction of sp³-hybridized carbons (Fsp3) is 0.417. The zero-order valence-electron chi connectivity index (χ0n) is 18.7. The molecule has 0 aliphatic carbocycles. The first-order valence-corrected chi connectivity index (χ1v) is 10.9. The zero-order valence-corrected chi connectivity index (χ0v) is 18.7. The first kappa shape index (κ1) is 21.8. The van der Waals surface area contributed by atoms with Crippen molar-refractivity contribution >= 4 is 23.5 Å². The highest BCUT2D eigenvalue weighted by Gasteiger charge is 2.56. The molecule has 1 aromatic heterocycles. The minimum absolute atomic E-state index is 0.0181. The molecule has 2 N–H and O–H groups in total. The number of primary amides is 1. The standard InChI is InChI=1S/C24H29N5O3/c1-16(2)28-14-21(30)29(13-18-6-4-17(3)5-7-18)24(23(28)32)10-11-27(15-24)20-9-8-19(12-26-20)22(25)31/h4-9,12,16H,10-11,13-15H2,1-3H3,(H2,25,31). The topological polar surface area (TPSA) is 99.8 Å². The van der Waals surface area contributed by atoms with Gasteiger partial charge in [0.15, 0.2) is 0 Å². The Kier molecular flexibility index (Phi) is 5.62. The molecule has 2 aliphatic rings. The number of nitrogens with two attached hydrogens (primary N) is 1. The van der Waals surface area contributed by atoms with Gasteiger partial charge < -0.3 is 20.4 Å². The Morgan fingerprint density at radius 2 is 1.88 bits per heavy atom. The van der Waals surface area contributed by atoms with Gasteiger partial charge >= 0.3 is 0 Å². The van der Waals surface area contributed by atoms with Crippen LogP contribution in [-0.2, 0) is 16.1 Å². The lowest BCUT2D eigenvalue weighted by Crippen LogP contribution is -2.69. The fourth-order valence-electron chi connectivity index (χ4n) is 4.56. The number of benzene rings is 1. The van der Waals surface area contributed by atoms with Gasteiger partial charge in [-0.05, 0) is 44.9 Å². The summed E-state index contributed by atoms with van der Waals surface area (Å²) in [6, 6.07) is 11.4. The summed E-state index contributed by atoms with van der Waals surface area (Å²) in [5.74, 6) is 0.0594. The van der Waals surface area contributed by atoms with Gasteiger partial charge in [0.2, 0.25) is 11.8 Å². The molecule has 8 heteroatoms. The lowest BCUT2D eigenvalue weighted by Gasteiger charge is -2.48. The van der Waals surface area contributed by atoms with E-state index in [4.69, 9.17) is 5.73 Å². The summed E-state index contributed by atoms with van der Waals surface area (Å²) in [5, 5.41) is 0. The first-order valence-electron chi connectivity index (χ1n) is 10.9. The maximum absolute atomic E-state index is 13.7. The predicted molar refractivity (Wildman–Crippen MR) is 121 cm³/mol. The van der Waals surface area contributed by atoms with Crippen molar-refractivity contribution in [2.75, 3.05) is 24.5 Å². The number of carbonyl (C=O) groups excluding carboxylic acids is 3. The van der Waals surface area contributed by atoms with Crippen molar-refractivity contribution < 1.29 is 14.4 Å². The van der Waals surface area contributed by atoms with Gasteiger partial charge in [0, 0.05) is 25.3 Å². The Hall–Kier alpha value is -3.42. The van der Waals surface area contributed by atoms with Crippen LogP contribution in [0.15, 0.2) is 42.6 Å². The molecule has 0 bridgehead atoms. The molecular formula is C24H29N5O3. The van der Waals surface area contributed by atoms with Gasteiger partial charge in [-0.3, -0.25) is 14.4 Å². The van der Waals surface area contributed by atoms with Crippen LogP contribution in [0.5, 0.6) is 0 Å². The third-order valence-corrected chi connectivity index (χ3v) is 6.47. The molecule has 2 aromatic rings. The van der Waals surface area contributed by atoms with E-state index < -0.39 is 11.4 Å². The fourth-order valence-corrected chi connectivity index (χ4v) is 4.56. The van der Waals surface area contributed by atoms with Crippen molar-refractivity contribution in [2.45, 2.75) is 45.3 Å². The quantitative estimate of drug-likeness (QED) is 0.771. The molecule has 0 radical (unpaired) electrons. The second-order valence-electron chi connectivity index (χ2n) is 8.96. The molecule has 1 atom stereocenters. The Balaban J connectivity index is 1.67. The second-order valence-corrected chi connectivity index (χ2v) is 8.96. The number of carbonyl (C=O) groups is 3. The van der Waals surface area contributed by atoms with E-state index in [9.17, 15) is 14.4 Å². The number of anilines is 1. The summed E-state index contributed by atoms with van der Waals surface area (Å²) in [6.07, 6.45) is 1.97. The summed E-state index contributed by atoms with van der Waals surface area (Å²) in [7, 11) is 0. The van der Waals surface area contributed by atoms with E-state index in [0.717, 1.165) is 11.1 Å². The number of amides is 3. The summed E-state index contributed by atoms with van der Waals surface area (Å²) in [6.45, 7) is 7.31. The Morgan fingerprint density at radius 3 is 2.47 bits per heavy atom. The van der Waals surface area contributed by atoms with Crippen molar-refractivity contribution in [2.24, 2.45) is 5.73 Å². The van der Waals surface area contributed by atoms with E-state index in [1.165, 1.54) is 6.20 Å².